The van der Waals surface area contributed by atoms with Crippen LogP contribution in [0.5, 0.6) is 23.0 Å². The number of methoxy groups -OCH3 is 4. The van der Waals surface area contributed by atoms with Crippen molar-refractivity contribution in [3.05, 3.63) is 47.5 Å². The summed E-state index contributed by atoms with van der Waals surface area (Å²) >= 11 is 0. The lowest BCUT2D eigenvalue weighted by Crippen LogP contribution is -2.14. The van der Waals surface area contributed by atoms with Crippen molar-refractivity contribution < 1.29 is 33.6 Å². The van der Waals surface area contributed by atoms with E-state index < -0.39 is 19.0 Å². The topological polar surface area (TPSA) is 91.3 Å². The highest BCUT2D eigenvalue weighted by atomic mass is 31.1. The van der Waals surface area contributed by atoms with E-state index in [0.29, 0.717) is 23.0 Å². The van der Waals surface area contributed by atoms with Crippen molar-refractivity contribution >= 4 is 19.0 Å². The van der Waals surface area contributed by atoms with Crippen LogP contribution in [-0.2, 0) is 0 Å². The third-order valence-electron chi connectivity index (χ3n) is 4.10. The second-order valence-corrected chi connectivity index (χ2v) is 7.68. The van der Waals surface area contributed by atoms with Gasteiger partial charge in [0, 0.05) is 20.7 Å². The molecule has 28 heavy (non-hydrogen) atoms. The summed E-state index contributed by atoms with van der Waals surface area (Å²) in [6, 6.07) is 9.86. The van der Waals surface area contributed by atoms with E-state index >= 15 is 0 Å². The summed E-state index contributed by atoms with van der Waals surface area (Å²) in [7, 11) is 3.77. The molecule has 8 heteroatoms. The SMILES string of the molecule is COc1cccc(OC)c1C(=O)P(CCO)C(=O)c1c(OC)cccc1OC. The third kappa shape index (κ3) is 4.26. The lowest BCUT2D eigenvalue weighted by Gasteiger charge is -2.20. The Morgan fingerprint density at radius 2 is 1.07 bits per heavy atom. The van der Waals surface area contributed by atoms with Crippen LogP contribution in [0.1, 0.15) is 20.7 Å². The van der Waals surface area contributed by atoms with Crippen LogP contribution >= 0.6 is 7.92 Å². The number of carbonyl (C=O) groups excluding carboxylic acids is 2. The molecule has 0 aliphatic rings. The second-order valence-electron chi connectivity index (χ2n) is 5.56. The summed E-state index contributed by atoms with van der Waals surface area (Å²) in [6.45, 7) is -0.321. The Morgan fingerprint density at radius 1 is 0.750 bits per heavy atom. The minimum Gasteiger partial charge on any atom is -0.496 e. The molecule has 1 N–H and O–H groups in total. The maximum atomic E-state index is 13.4. The summed E-state index contributed by atoms with van der Waals surface area (Å²) in [5, 5.41) is 9.52. The molecule has 0 saturated carbocycles. The molecule has 150 valence electrons. The summed E-state index contributed by atoms with van der Waals surface area (Å²) in [6.07, 6.45) is -0.00456. The zero-order valence-electron chi connectivity index (χ0n) is 16.2. The van der Waals surface area contributed by atoms with Crippen LogP contribution in [0.25, 0.3) is 0 Å². The van der Waals surface area contributed by atoms with Gasteiger partial charge in [-0.05, 0) is 24.3 Å². The first-order valence-electron chi connectivity index (χ1n) is 8.43. The molecule has 0 aromatic heterocycles. The number of carbonyl (C=O) groups is 2. The number of hydrogen-bond acceptors (Lipinski definition) is 7. The Hall–Kier alpha value is -2.63. The fourth-order valence-corrected chi connectivity index (χ4v) is 4.56. The maximum Gasteiger partial charge on any atom is 0.199 e. The van der Waals surface area contributed by atoms with E-state index in [-0.39, 0.29) is 23.9 Å². The Kier molecular flexibility index (Phi) is 7.79. The molecule has 0 amide bonds. The molecule has 2 aromatic rings. The van der Waals surface area contributed by atoms with Gasteiger partial charge in [0.1, 0.15) is 34.1 Å². The lowest BCUT2D eigenvalue weighted by molar-refractivity contribution is 0.104. The van der Waals surface area contributed by atoms with Crippen molar-refractivity contribution in [2.45, 2.75) is 0 Å². The molecule has 0 fully saturated rings. The van der Waals surface area contributed by atoms with Crippen molar-refractivity contribution in [2.75, 3.05) is 41.2 Å². The van der Waals surface area contributed by atoms with Gasteiger partial charge in [-0.1, -0.05) is 12.1 Å². The quantitative estimate of drug-likeness (QED) is 0.606. The van der Waals surface area contributed by atoms with Crippen molar-refractivity contribution in [3.8, 4) is 23.0 Å². The van der Waals surface area contributed by atoms with Crippen molar-refractivity contribution in [1.82, 2.24) is 0 Å². The molecule has 0 atom stereocenters. The predicted molar refractivity (Wildman–Crippen MR) is 107 cm³/mol. The van der Waals surface area contributed by atoms with E-state index in [2.05, 4.69) is 0 Å². The van der Waals surface area contributed by atoms with Crippen LogP contribution in [-0.4, -0.2) is 57.4 Å². The first kappa shape index (κ1) is 21.7. The molecule has 0 radical (unpaired) electrons. The number of rotatable bonds is 10. The van der Waals surface area contributed by atoms with Crippen LogP contribution < -0.4 is 18.9 Å². The Labute approximate surface area is 164 Å². The van der Waals surface area contributed by atoms with E-state index in [9.17, 15) is 14.7 Å². The number of aliphatic hydroxyl groups excluding tert-OH is 1. The van der Waals surface area contributed by atoms with Gasteiger partial charge in [-0.2, -0.15) is 0 Å². The highest BCUT2D eigenvalue weighted by molar-refractivity contribution is 7.90. The monoisotopic (exact) mass is 406 g/mol. The van der Waals surface area contributed by atoms with Crippen LogP contribution in [0.2, 0.25) is 0 Å². The average molecular weight is 406 g/mol. The smallest absolute Gasteiger partial charge is 0.199 e. The molecule has 0 saturated heterocycles. The van der Waals surface area contributed by atoms with E-state index in [0.717, 1.165) is 0 Å². The molecule has 0 bridgehead atoms. The number of ether oxygens (including phenoxy) is 4. The fourth-order valence-electron chi connectivity index (χ4n) is 2.79. The van der Waals surface area contributed by atoms with Gasteiger partial charge in [0.25, 0.3) is 0 Å². The number of aliphatic hydroxyl groups is 1. The van der Waals surface area contributed by atoms with Crippen molar-refractivity contribution in [2.24, 2.45) is 0 Å². The zero-order chi connectivity index (χ0) is 20.7. The van der Waals surface area contributed by atoms with E-state index in [4.69, 9.17) is 18.9 Å². The first-order chi connectivity index (χ1) is 13.5. The van der Waals surface area contributed by atoms with E-state index in [1.165, 1.54) is 28.4 Å². The van der Waals surface area contributed by atoms with E-state index in [1.54, 1.807) is 36.4 Å². The highest BCUT2D eigenvalue weighted by Gasteiger charge is 2.34. The van der Waals surface area contributed by atoms with Crippen molar-refractivity contribution in [3.63, 3.8) is 0 Å². The minimum atomic E-state index is -1.97. The van der Waals surface area contributed by atoms with Gasteiger partial charge < -0.3 is 24.1 Å². The van der Waals surface area contributed by atoms with Crippen LogP contribution in [0.3, 0.4) is 0 Å². The molecule has 7 nitrogen and oxygen atoms in total. The molecule has 0 aliphatic heterocycles. The van der Waals surface area contributed by atoms with Gasteiger partial charge >= 0.3 is 0 Å². The highest BCUT2D eigenvalue weighted by Crippen LogP contribution is 2.49. The van der Waals surface area contributed by atoms with E-state index in [1.807, 2.05) is 0 Å². The van der Waals surface area contributed by atoms with Gasteiger partial charge in [0.2, 0.25) is 0 Å². The average Bonchev–Trinajstić information content (AvgIpc) is 2.75. The normalized spacial score (nSPS) is 10.5. The standard InChI is InChI=1S/C20H23O7P/c1-24-13-7-5-8-14(25-2)17(13)19(22)28(12-11-21)20(23)18-15(26-3)9-6-10-16(18)27-4/h5-10,21H,11-12H2,1-4H3. The van der Waals surface area contributed by atoms with Crippen molar-refractivity contribution in [1.29, 1.82) is 0 Å². The molecular formula is C20H23O7P. The second kappa shape index (κ2) is 10.1. The summed E-state index contributed by atoms with van der Waals surface area (Å²) in [4.78, 5) is 26.7. The molecule has 2 rings (SSSR count). The molecule has 0 unspecified atom stereocenters. The molecular weight excluding hydrogens is 383 g/mol. The minimum absolute atomic E-state index is 0.00456. The summed E-state index contributed by atoms with van der Waals surface area (Å²) in [5.41, 5.74) is -0.545. The summed E-state index contributed by atoms with van der Waals surface area (Å²) < 4.78 is 21.2. The zero-order valence-corrected chi connectivity index (χ0v) is 17.1. The molecule has 0 aliphatic carbocycles. The molecule has 2 aromatic carbocycles. The number of benzene rings is 2. The van der Waals surface area contributed by atoms with Gasteiger partial charge in [-0.15, -0.1) is 0 Å². The Morgan fingerprint density at radius 3 is 1.32 bits per heavy atom. The lowest BCUT2D eigenvalue weighted by atomic mass is 10.2. The Balaban J connectivity index is 2.59. The van der Waals surface area contributed by atoms with Crippen LogP contribution in [0, 0.1) is 0 Å². The van der Waals surface area contributed by atoms with Crippen LogP contribution in [0.15, 0.2) is 36.4 Å². The molecule has 0 spiro atoms. The van der Waals surface area contributed by atoms with Gasteiger partial charge in [-0.25, -0.2) is 0 Å². The summed E-state index contributed by atoms with van der Waals surface area (Å²) in [5.74, 6) is 1.20. The van der Waals surface area contributed by atoms with Gasteiger partial charge in [-0.3, -0.25) is 9.59 Å². The van der Waals surface area contributed by atoms with Crippen LogP contribution in [0.4, 0.5) is 0 Å². The first-order valence-corrected chi connectivity index (χ1v) is 9.95. The van der Waals surface area contributed by atoms with Gasteiger partial charge in [0.15, 0.2) is 11.0 Å². The molecule has 0 heterocycles. The maximum absolute atomic E-state index is 13.4. The fraction of sp³-hybridized carbons (Fsp3) is 0.300. The third-order valence-corrected chi connectivity index (χ3v) is 6.17. The largest absolute Gasteiger partial charge is 0.496 e. The Bertz CT molecular complexity index is 738. The van der Waals surface area contributed by atoms with Gasteiger partial charge in [0.05, 0.1) is 28.4 Å². The number of hydrogen-bond donors (Lipinski definition) is 1. The predicted octanol–water partition coefficient (Wildman–Crippen LogP) is 3.18.